The molecule has 0 radical (unpaired) electrons. The number of aryl methyl sites for hydroxylation is 2. The normalized spacial score (nSPS) is 20.8. The largest absolute Gasteiger partial charge is 0.334 e. The van der Waals surface area contributed by atoms with Gasteiger partial charge in [-0.05, 0) is 43.9 Å². The SMILES string of the molecule is CCc1noc(-c2ccc(C)c(NC(=O)C3CCCC(N)C3)c2)n1. The number of hydrogen-bond donors (Lipinski definition) is 2. The second kappa shape index (κ2) is 7.13. The van der Waals surface area contributed by atoms with Gasteiger partial charge in [0.2, 0.25) is 5.91 Å². The van der Waals surface area contributed by atoms with Gasteiger partial charge in [-0.2, -0.15) is 4.98 Å². The lowest BCUT2D eigenvalue weighted by Gasteiger charge is -2.26. The summed E-state index contributed by atoms with van der Waals surface area (Å²) in [6, 6.07) is 5.90. The average molecular weight is 328 g/mol. The monoisotopic (exact) mass is 328 g/mol. The fourth-order valence-electron chi connectivity index (χ4n) is 3.11. The highest BCUT2D eigenvalue weighted by Gasteiger charge is 2.25. The number of nitrogens with one attached hydrogen (secondary N) is 1. The number of carbonyl (C=O) groups excluding carboxylic acids is 1. The van der Waals surface area contributed by atoms with Crippen LogP contribution in [-0.4, -0.2) is 22.1 Å². The number of nitrogens with zero attached hydrogens (tertiary/aromatic N) is 2. The van der Waals surface area contributed by atoms with E-state index in [9.17, 15) is 4.79 Å². The summed E-state index contributed by atoms with van der Waals surface area (Å²) < 4.78 is 5.28. The summed E-state index contributed by atoms with van der Waals surface area (Å²) >= 11 is 0. The van der Waals surface area contributed by atoms with E-state index >= 15 is 0 Å². The summed E-state index contributed by atoms with van der Waals surface area (Å²) in [5.74, 6) is 1.19. The van der Waals surface area contributed by atoms with E-state index in [2.05, 4.69) is 15.5 Å². The van der Waals surface area contributed by atoms with Gasteiger partial charge in [-0.25, -0.2) is 0 Å². The Morgan fingerprint density at radius 3 is 2.96 bits per heavy atom. The molecule has 6 nitrogen and oxygen atoms in total. The van der Waals surface area contributed by atoms with Crippen molar-refractivity contribution in [1.29, 1.82) is 0 Å². The number of anilines is 1. The molecule has 2 atom stereocenters. The third kappa shape index (κ3) is 3.64. The summed E-state index contributed by atoms with van der Waals surface area (Å²) in [7, 11) is 0. The molecule has 1 amide bonds. The van der Waals surface area contributed by atoms with Crippen molar-refractivity contribution < 1.29 is 9.32 Å². The van der Waals surface area contributed by atoms with Crippen LogP contribution in [0.2, 0.25) is 0 Å². The quantitative estimate of drug-likeness (QED) is 0.899. The fraction of sp³-hybridized carbons (Fsp3) is 0.500. The molecule has 3 rings (SSSR count). The average Bonchev–Trinajstić information content (AvgIpc) is 3.06. The number of nitrogens with two attached hydrogens (primary N) is 1. The number of aromatic nitrogens is 2. The Morgan fingerprint density at radius 1 is 1.42 bits per heavy atom. The molecule has 0 aliphatic heterocycles. The van der Waals surface area contributed by atoms with Crippen molar-refractivity contribution in [2.75, 3.05) is 5.32 Å². The van der Waals surface area contributed by atoms with Gasteiger partial charge < -0.3 is 15.6 Å². The number of amides is 1. The van der Waals surface area contributed by atoms with Crippen LogP contribution in [0, 0.1) is 12.8 Å². The molecule has 6 heteroatoms. The van der Waals surface area contributed by atoms with Gasteiger partial charge in [0.25, 0.3) is 5.89 Å². The molecule has 1 aromatic heterocycles. The second-order valence-corrected chi connectivity index (χ2v) is 6.51. The molecular weight excluding hydrogens is 304 g/mol. The second-order valence-electron chi connectivity index (χ2n) is 6.51. The zero-order valence-corrected chi connectivity index (χ0v) is 14.2. The molecule has 1 aliphatic rings. The van der Waals surface area contributed by atoms with Crippen LogP contribution in [0.15, 0.2) is 22.7 Å². The Balaban J connectivity index is 1.77. The Labute approximate surface area is 141 Å². The lowest BCUT2D eigenvalue weighted by atomic mass is 9.85. The van der Waals surface area contributed by atoms with Gasteiger partial charge in [-0.3, -0.25) is 4.79 Å². The Hall–Kier alpha value is -2.21. The van der Waals surface area contributed by atoms with Crippen molar-refractivity contribution in [2.24, 2.45) is 11.7 Å². The number of benzene rings is 1. The molecule has 1 fully saturated rings. The topological polar surface area (TPSA) is 94.0 Å². The molecule has 3 N–H and O–H groups in total. The molecule has 0 spiro atoms. The van der Waals surface area contributed by atoms with Gasteiger partial charge in [-0.15, -0.1) is 0 Å². The van der Waals surface area contributed by atoms with Gasteiger partial charge in [0, 0.05) is 29.6 Å². The molecule has 1 aromatic carbocycles. The smallest absolute Gasteiger partial charge is 0.257 e. The van der Waals surface area contributed by atoms with E-state index in [1.54, 1.807) is 0 Å². The first kappa shape index (κ1) is 16.6. The van der Waals surface area contributed by atoms with Crippen LogP contribution in [0.1, 0.15) is 44.0 Å². The van der Waals surface area contributed by atoms with Crippen LogP contribution < -0.4 is 11.1 Å². The molecule has 1 aliphatic carbocycles. The van der Waals surface area contributed by atoms with Crippen LogP contribution in [0.3, 0.4) is 0 Å². The maximum atomic E-state index is 12.5. The predicted octanol–water partition coefficient (Wildman–Crippen LogP) is 3.06. The minimum Gasteiger partial charge on any atom is -0.334 e. The summed E-state index contributed by atoms with van der Waals surface area (Å²) in [4.78, 5) is 16.9. The number of rotatable bonds is 4. The molecular formula is C18H24N4O2. The molecule has 0 bridgehead atoms. The van der Waals surface area contributed by atoms with Crippen LogP contribution in [0.5, 0.6) is 0 Å². The maximum Gasteiger partial charge on any atom is 0.257 e. The van der Waals surface area contributed by atoms with Crippen LogP contribution in [-0.2, 0) is 11.2 Å². The third-order valence-corrected chi connectivity index (χ3v) is 4.61. The molecule has 0 saturated heterocycles. The van der Waals surface area contributed by atoms with Crippen molar-refractivity contribution in [2.45, 2.75) is 52.0 Å². The van der Waals surface area contributed by atoms with E-state index in [0.29, 0.717) is 11.7 Å². The van der Waals surface area contributed by atoms with Gasteiger partial charge in [0.1, 0.15) is 0 Å². The first-order valence-electron chi connectivity index (χ1n) is 8.57. The predicted molar refractivity (Wildman–Crippen MR) is 92.4 cm³/mol. The molecule has 2 unspecified atom stereocenters. The van der Waals surface area contributed by atoms with Gasteiger partial charge in [-0.1, -0.05) is 24.6 Å². The van der Waals surface area contributed by atoms with Gasteiger partial charge in [0.15, 0.2) is 5.82 Å². The van der Waals surface area contributed by atoms with Crippen molar-refractivity contribution in [1.82, 2.24) is 10.1 Å². The fourth-order valence-corrected chi connectivity index (χ4v) is 3.11. The lowest BCUT2D eigenvalue weighted by molar-refractivity contribution is -0.120. The molecule has 1 saturated carbocycles. The van der Waals surface area contributed by atoms with Gasteiger partial charge in [0.05, 0.1) is 0 Å². The van der Waals surface area contributed by atoms with E-state index < -0.39 is 0 Å². The van der Waals surface area contributed by atoms with Crippen LogP contribution in [0.25, 0.3) is 11.5 Å². The molecule has 128 valence electrons. The standard InChI is InChI=1S/C18H24N4O2/c1-3-16-21-18(24-22-16)13-8-7-11(2)15(10-13)20-17(23)12-5-4-6-14(19)9-12/h7-8,10,12,14H,3-6,9,19H2,1-2H3,(H,20,23). The third-order valence-electron chi connectivity index (χ3n) is 4.61. The highest BCUT2D eigenvalue weighted by molar-refractivity contribution is 5.94. The van der Waals surface area contributed by atoms with Crippen LogP contribution >= 0.6 is 0 Å². The minimum atomic E-state index is -0.00750. The van der Waals surface area contributed by atoms with E-state index in [1.807, 2.05) is 32.0 Å². The Bertz CT molecular complexity index is 726. The van der Waals surface area contributed by atoms with Crippen molar-refractivity contribution in [3.8, 4) is 11.5 Å². The first-order valence-corrected chi connectivity index (χ1v) is 8.57. The van der Waals surface area contributed by atoms with E-state index in [4.69, 9.17) is 10.3 Å². The lowest BCUT2D eigenvalue weighted by Crippen LogP contribution is -2.34. The van der Waals surface area contributed by atoms with Crippen molar-refractivity contribution in [3.63, 3.8) is 0 Å². The number of hydrogen-bond acceptors (Lipinski definition) is 5. The van der Waals surface area contributed by atoms with Crippen molar-refractivity contribution >= 4 is 11.6 Å². The summed E-state index contributed by atoms with van der Waals surface area (Å²) in [6.07, 6.45) is 4.41. The summed E-state index contributed by atoms with van der Waals surface area (Å²) in [6.45, 7) is 3.95. The number of carbonyl (C=O) groups is 1. The Morgan fingerprint density at radius 2 is 2.25 bits per heavy atom. The van der Waals surface area contributed by atoms with E-state index in [1.165, 1.54) is 0 Å². The highest BCUT2D eigenvalue weighted by atomic mass is 16.5. The first-order chi connectivity index (χ1) is 11.6. The maximum absolute atomic E-state index is 12.5. The van der Waals surface area contributed by atoms with Crippen molar-refractivity contribution in [3.05, 3.63) is 29.6 Å². The van der Waals surface area contributed by atoms with Gasteiger partial charge >= 0.3 is 0 Å². The van der Waals surface area contributed by atoms with E-state index in [-0.39, 0.29) is 17.9 Å². The summed E-state index contributed by atoms with van der Waals surface area (Å²) in [5, 5.41) is 6.97. The molecule has 2 aromatic rings. The zero-order chi connectivity index (χ0) is 17.1. The minimum absolute atomic E-state index is 0.00750. The van der Waals surface area contributed by atoms with Crippen LogP contribution in [0.4, 0.5) is 5.69 Å². The Kier molecular flexibility index (Phi) is 4.94. The summed E-state index contributed by atoms with van der Waals surface area (Å²) in [5.41, 5.74) is 8.59. The molecule has 1 heterocycles. The van der Waals surface area contributed by atoms with E-state index in [0.717, 1.165) is 48.9 Å². The zero-order valence-electron chi connectivity index (χ0n) is 14.2. The molecule has 24 heavy (non-hydrogen) atoms. The highest BCUT2D eigenvalue weighted by Crippen LogP contribution is 2.28.